The summed E-state index contributed by atoms with van der Waals surface area (Å²) in [7, 11) is 1.62. The number of ether oxygens (including phenoxy) is 3. The van der Waals surface area contributed by atoms with Crippen molar-refractivity contribution in [3.05, 3.63) is 24.3 Å². The smallest absolute Gasteiger partial charge is 0.263 e. The Balaban J connectivity index is 1.77. The summed E-state index contributed by atoms with van der Waals surface area (Å²) in [6.07, 6.45) is 2.34. The van der Waals surface area contributed by atoms with Crippen molar-refractivity contribution in [2.45, 2.75) is 38.4 Å². The third kappa shape index (κ3) is 5.39. The maximum Gasteiger partial charge on any atom is 0.263 e. The molecule has 1 unspecified atom stereocenters. The van der Waals surface area contributed by atoms with E-state index in [1.165, 1.54) is 0 Å². The lowest BCUT2D eigenvalue weighted by Gasteiger charge is -2.33. The molecule has 1 saturated heterocycles. The molecule has 1 aliphatic heterocycles. The van der Waals surface area contributed by atoms with E-state index < -0.39 is 6.10 Å². The molecule has 1 heterocycles. The lowest BCUT2D eigenvalue weighted by atomic mass is 10.1. The quantitative estimate of drug-likeness (QED) is 0.733. The molecule has 0 bridgehead atoms. The largest absolute Gasteiger partial charge is 0.497 e. The van der Waals surface area contributed by atoms with Crippen LogP contribution in [-0.2, 0) is 9.53 Å². The fraction of sp³-hybridized carbons (Fsp3) is 0.611. The van der Waals surface area contributed by atoms with Crippen LogP contribution < -0.4 is 15.2 Å². The van der Waals surface area contributed by atoms with E-state index in [1.54, 1.807) is 26.2 Å². The van der Waals surface area contributed by atoms with Gasteiger partial charge in [0.1, 0.15) is 11.5 Å². The van der Waals surface area contributed by atoms with Crippen LogP contribution in [0.15, 0.2) is 24.3 Å². The number of nitrogens with two attached hydrogens (primary N) is 1. The number of piperidine rings is 1. The number of nitrogens with zero attached hydrogens (tertiary/aromatic N) is 1. The first-order valence-corrected chi connectivity index (χ1v) is 8.55. The summed E-state index contributed by atoms with van der Waals surface area (Å²) in [5.74, 6) is 1.45. The van der Waals surface area contributed by atoms with Gasteiger partial charge in [-0.1, -0.05) is 0 Å². The highest BCUT2D eigenvalue weighted by Crippen LogP contribution is 2.20. The Bertz CT molecular complexity index is 498. The normalized spacial score (nSPS) is 16.7. The molecule has 1 fully saturated rings. The van der Waals surface area contributed by atoms with Gasteiger partial charge < -0.3 is 24.8 Å². The molecule has 1 aromatic rings. The number of hydrogen-bond acceptors (Lipinski definition) is 5. The summed E-state index contributed by atoms with van der Waals surface area (Å²) in [6, 6.07) is 7.24. The molecule has 6 heteroatoms. The van der Waals surface area contributed by atoms with E-state index in [0.717, 1.165) is 25.0 Å². The first-order chi connectivity index (χ1) is 11.6. The van der Waals surface area contributed by atoms with Crippen molar-refractivity contribution in [2.24, 2.45) is 5.73 Å². The third-order valence-electron chi connectivity index (χ3n) is 4.18. The van der Waals surface area contributed by atoms with Crippen LogP contribution in [0.1, 0.15) is 26.2 Å². The molecular formula is C18H28N2O4. The average molecular weight is 336 g/mol. The number of rotatable bonds is 8. The van der Waals surface area contributed by atoms with Gasteiger partial charge in [-0.3, -0.25) is 4.79 Å². The molecule has 0 aromatic heterocycles. The summed E-state index contributed by atoms with van der Waals surface area (Å²) < 4.78 is 16.6. The number of methoxy groups -OCH3 is 1. The summed E-state index contributed by atoms with van der Waals surface area (Å²) in [5.41, 5.74) is 5.46. The second-order valence-electron chi connectivity index (χ2n) is 5.97. The van der Waals surface area contributed by atoms with Gasteiger partial charge in [-0.2, -0.15) is 0 Å². The molecule has 1 aliphatic rings. The highest BCUT2D eigenvalue weighted by Gasteiger charge is 2.27. The van der Waals surface area contributed by atoms with Crippen molar-refractivity contribution in [3.8, 4) is 11.5 Å². The molecular weight excluding hydrogens is 308 g/mol. The van der Waals surface area contributed by atoms with Crippen molar-refractivity contribution in [2.75, 3.05) is 33.4 Å². The van der Waals surface area contributed by atoms with E-state index >= 15 is 0 Å². The Morgan fingerprint density at radius 1 is 1.25 bits per heavy atom. The number of benzene rings is 1. The summed E-state index contributed by atoms with van der Waals surface area (Å²) in [4.78, 5) is 14.4. The fourth-order valence-corrected chi connectivity index (χ4v) is 2.74. The van der Waals surface area contributed by atoms with Crippen molar-refractivity contribution in [1.29, 1.82) is 0 Å². The van der Waals surface area contributed by atoms with E-state index in [9.17, 15) is 4.79 Å². The molecule has 0 spiro atoms. The zero-order valence-corrected chi connectivity index (χ0v) is 14.6. The Morgan fingerprint density at radius 3 is 2.46 bits per heavy atom. The fourth-order valence-electron chi connectivity index (χ4n) is 2.74. The van der Waals surface area contributed by atoms with E-state index in [0.29, 0.717) is 32.0 Å². The number of carbonyl (C=O) groups is 1. The summed E-state index contributed by atoms with van der Waals surface area (Å²) in [6.45, 7) is 4.56. The first kappa shape index (κ1) is 18.5. The van der Waals surface area contributed by atoms with Crippen LogP contribution in [0.25, 0.3) is 0 Å². The number of carbonyl (C=O) groups excluding carboxylic acids is 1. The monoisotopic (exact) mass is 336 g/mol. The average Bonchev–Trinajstić information content (AvgIpc) is 2.62. The molecule has 0 radical (unpaired) electrons. The Hall–Kier alpha value is -1.79. The maximum atomic E-state index is 12.5. The van der Waals surface area contributed by atoms with Gasteiger partial charge in [0.05, 0.1) is 13.2 Å². The Labute approximate surface area is 143 Å². The second-order valence-corrected chi connectivity index (χ2v) is 5.97. The molecule has 0 aliphatic carbocycles. The molecule has 1 atom stereocenters. The van der Waals surface area contributed by atoms with Gasteiger partial charge in [0.25, 0.3) is 5.91 Å². The zero-order chi connectivity index (χ0) is 17.4. The minimum Gasteiger partial charge on any atom is -0.497 e. The molecule has 24 heavy (non-hydrogen) atoms. The predicted molar refractivity (Wildman–Crippen MR) is 92.3 cm³/mol. The van der Waals surface area contributed by atoms with Crippen molar-refractivity contribution >= 4 is 5.91 Å². The van der Waals surface area contributed by atoms with Gasteiger partial charge in [0, 0.05) is 19.7 Å². The molecule has 6 nitrogen and oxygen atoms in total. The highest BCUT2D eigenvalue weighted by molar-refractivity contribution is 5.81. The molecule has 1 amide bonds. The van der Waals surface area contributed by atoms with Crippen molar-refractivity contribution in [1.82, 2.24) is 4.90 Å². The van der Waals surface area contributed by atoms with Crippen LogP contribution in [0, 0.1) is 0 Å². The van der Waals surface area contributed by atoms with E-state index in [1.807, 2.05) is 17.0 Å². The summed E-state index contributed by atoms with van der Waals surface area (Å²) in [5, 5.41) is 0. The van der Waals surface area contributed by atoms with Crippen LogP contribution in [0.2, 0.25) is 0 Å². The first-order valence-electron chi connectivity index (χ1n) is 8.55. The van der Waals surface area contributed by atoms with Gasteiger partial charge >= 0.3 is 0 Å². The minimum atomic E-state index is -0.506. The third-order valence-corrected chi connectivity index (χ3v) is 4.18. The van der Waals surface area contributed by atoms with Gasteiger partial charge in [-0.25, -0.2) is 0 Å². The molecule has 2 N–H and O–H groups in total. The SMILES string of the molecule is COc1ccc(OC(C)C(=O)N2CCC(OCCCN)CC2)cc1. The number of likely N-dealkylation sites (tertiary alicyclic amines) is 1. The van der Waals surface area contributed by atoms with Crippen molar-refractivity contribution < 1.29 is 19.0 Å². The lowest BCUT2D eigenvalue weighted by Crippen LogP contribution is -2.46. The molecule has 0 saturated carbocycles. The van der Waals surface area contributed by atoms with E-state index in [4.69, 9.17) is 19.9 Å². The maximum absolute atomic E-state index is 12.5. The molecule has 134 valence electrons. The van der Waals surface area contributed by atoms with Crippen LogP contribution in [0.4, 0.5) is 0 Å². The Morgan fingerprint density at radius 2 is 1.88 bits per heavy atom. The van der Waals surface area contributed by atoms with E-state index in [2.05, 4.69) is 0 Å². The van der Waals surface area contributed by atoms with Crippen LogP contribution in [-0.4, -0.2) is 56.4 Å². The van der Waals surface area contributed by atoms with Gasteiger partial charge in [0.2, 0.25) is 0 Å². The van der Waals surface area contributed by atoms with Crippen LogP contribution in [0.3, 0.4) is 0 Å². The predicted octanol–water partition coefficient (Wildman–Crippen LogP) is 1.82. The highest BCUT2D eigenvalue weighted by atomic mass is 16.5. The molecule has 2 rings (SSSR count). The zero-order valence-electron chi connectivity index (χ0n) is 14.6. The lowest BCUT2D eigenvalue weighted by molar-refractivity contribution is -0.140. The summed E-state index contributed by atoms with van der Waals surface area (Å²) >= 11 is 0. The second kappa shape index (κ2) is 9.49. The van der Waals surface area contributed by atoms with Gasteiger partial charge in [0.15, 0.2) is 6.10 Å². The van der Waals surface area contributed by atoms with Gasteiger partial charge in [-0.05, 0) is 57.0 Å². The van der Waals surface area contributed by atoms with Crippen LogP contribution in [0.5, 0.6) is 11.5 Å². The van der Waals surface area contributed by atoms with Gasteiger partial charge in [-0.15, -0.1) is 0 Å². The number of amides is 1. The minimum absolute atomic E-state index is 0.0197. The number of hydrogen-bond donors (Lipinski definition) is 1. The standard InChI is InChI=1S/C18H28N2O4/c1-14(24-17-6-4-15(22-2)5-7-17)18(21)20-11-8-16(9-12-20)23-13-3-10-19/h4-7,14,16H,3,8-13,19H2,1-2H3. The Kier molecular flexibility index (Phi) is 7.34. The van der Waals surface area contributed by atoms with E-state index in [-0.39, 0.29) is 12.0 Å². The van der Waals surface area contributed by atoms with Crippen molar-refractivity contribution in [3.63, 3.8) is 0 Å². The topological polar surface area (TPSA) is 74.0 Å². The van der Waals surface area contributed by atoms with Crippen LogP contribution >= 0.6 is 0 Å². The molecule has 1 aromatic carbocycles.